The molecule has 0 aliphatic carbocycles. The van der Waals surface area contributed by atoms with Crippen LogP contribution in [-0.4, -0.2) is 36.6 Å². The van der Waals surface area contributed by atoms with E-state index in [2.05, 4.69) is 15.9 Å². The number of likely N-dealkylation sites (tertiary alicyclic amines) is 1. The molecule has 104 valence electrons. The number of nitrogens with zero attached hydrogens (tertiary/aromatic N) is 1. The van der Waals surface area contributed by atoms with Crippen molar-refractivity contribution in [1.29, 1.82) is 0 Å². The Balaban J connectivity index is 2.12. The molecule has 0 radical (unpaired) electrons. The lowest BCUT2D eigenvalue weighted by Gasteiger charge is -2.33. The maximum absolute atomic E-state index is 12.6. The summed E-state index contributed by atoms with van der Waals surface area (Å²) in [6, 6.07) is 5.77. The molecule has 1 saturated heterocycles. The zero-order chi connectivity index (χ0) is 13.8. The van der Waals surface area contributed by atoms with Crippen molar-refractivity contribution >= 4 is 21.8 Å². The molecule has 0 aromatic heterocycles. The van der Waals surface area contributed by atoms with Crippen molar-refractivity contribution in [2.75, 3.05) is 19.7 Å². The molecule has 1 fully saturated rings. The molecule has 1 amide bonds. The minimum absolute atomic E-state index is 0.114. The molecule has 1 aromatic rings. The van der Waals surface area contributed by atoms with Gasteiger partial charge < -0.3 is 9.64 Å². The monoisotopic (exact) mass is 325 g/mol. The topological polar surface area (TPSA) is 29.5 Å². The van der Waals surface area contributed by atoms with Gasteiger partial charge in [0.05, 0.1) is 6.10 Å². The quantitative estimate of drug-likeness (QED) is 0.852. The Morgan fingerprint density at radius 3 is 3.05 bits per heavy atom. The van der Waals surface area contributed by atoms with Gasteiger partial charge in [-0.25, -0.2) is 0 Å². The summed E-state index contributed by atoms with van der Waals surface area (Å²) < 4.78 is 6.63. The molecular weight excluding hydrogens is 306 g/mol. The van der Waals surface area contributed by atoms with Crippen LogP contribution >= 0.6 is 15.9 Å². The van der Waals surface area contributed by atoms with E-state index in [4.69, 9.17) is 4.74 Å². The highest BCUT2D eigenvalue weighted by atomic mass is 79.9. The Labute approximate surface area is 123 Å². The number of benzene rings is 1. The molecule has 0 bridgehead atoms. The highest BCUT2D eigenvalue weighted by Crippen LogP contribution is 2.22. The molecule has 1 aliphatic rings. The van der Waals surface area contributed by atoms with E-state index in [1.807, 2.05) is 36.9 Å². The second-order valence-electron chi connectivity index (χ2n) is 4.88. The number of amides is 1. The van der Waals surface area contributed by atoms with Gasteiger partial charge >= 0.3 is 0 Å². The summed E-state index contributed by atoms with van der Waals surface area (Å²) in [6.07, 6.45) is 2.26. The lowest BCUT2D eigenvalue weighted by atomic mass is 10.0. The molecule has 1 heterocycles. The molecule has 0 saturated carbocycles. The van der Waals surface area contributed by atoms with Crippen LogP contribution in [0.25, 0.3) is 0 Å². The Hall–Kier alpha value is -0.870. The Morgan fingerprint density at radius 1 is 1.53 bits per heavy atom. The minimum atomic E-state index is 0.114. The van der Waals surface area contributed by atoms with Crippen LogP contribution in [0.2, 0.25) is 0 Å². The summed E-state index contributed by atoms with van der Waals surface area (Å²) in [7, 11) is 0. The van der Waals surface area contributed by atoms with Crippen LogP contribution in [0.3, 0.4) is 0 Å². The minimum Gasteiger partial charge on any atom is -0.377 e. The lowest BCUT2D eigenvalue weighted by Crippen LogP contribution is -2.43. The smallest absolute Gasteiger partial charge is 0.254 e. The molecule has 1 aliphatic heterocycles. The number of piperidine rings is 1. The van der Waals surface area contributed by atoms with Crippen molar-refractivity contribution in [1.82, 2.24) is 4.90 Å². The van der Waals surface area contributed by atoms with Crippen molar-refractivity contribution < 1.29 is 9.53 Å². The second-order valence-corrected chi connectivity index (χ2v) is 5.74. The zero-order valence-corrected chi connectivity index (χ0v) is 13.1. The third-order valence-electron chi connectivity index (χ3n) is 3.57. The predicted molar refractivity (Wildman–Crippen MR) is 79.4 cm³/mol. The van der Waals surface area contributed by atoms with E-state index in [9.17, 15) is 4.79 Å². The largest absolute Gasteiger partial charge is 0.377 e. The molecular formula is C15H20BrNO2. The molecule has 1 aromatic carbocycles. The summed E-state index contributed by atoms with van der Waals surface area (Å²) in [5.74, 6) is 0.114. The predicted octanol–water partition coefficient (Wildman–Crippen LogP) is 3.40. The second kappa shape index (κ2) is 6.53. The van der Waals surface area contributed by atoms with Gasteiger partial charge in [0.1, 0.15) is 0 Å². The maximum Gasteiger partial charge on any atom is 0.254 e. The molecule has 4 heteroatoms. The van der Waals surface area contributed by atoms with Gasteiger partial charge in [-0.2, -0.15) is 0 Å². The van der Waals surface area contributed by atoms with E-state index in [0.717, 1.165) is 35.0 Å². The molecule has 2 rings (SSSR count). The number of hydrogen-bond donors (Lipinski definition) is 0. The highest BCUT2D eigenvalue weighted by molar-refractivity contribution is 9.10. The summed E-state index contributed by atoms with van der Waals surface area (Å²) in [4.78, 5) is 14.5. The van der Waals surface area contributed by atoms with Crippen molar-refractivity contribution in [3.05, 3.63) is 33.8 Å². The number of hydrogen-bond acceptors (Lipinski definition) is 2. The lowest BCUT2D eigenvalue weighted by molar-refractivity contribution is 0.00721. The molecule has 0 N–H and O–H groups in total. The van der Waals surface area contributed by atoms with Gasteiger partial charge in [-0.05, 0) is 44.4 Å². The van der Waals surface area contributed by atoms with Crippen molar-refractivity contribution in [3.63, 3.8) is 0 Å². The highest BCUT2D eigenvalue weighted by Gasteiger charge is 2.25. The van der Waals surface area contributed by atoms with Crippen LogP contribution < -0.4 is 0 Å². The average molecular weight is 326 g/mol. The van der Waals surface area contributed by atoms with Gasteiger partial charge in [-0.3, -0.25) is 4.79 Å². The summed E-state index contributed by atoms with van der Waals surface area (Å²) in [5.41, 5.74) is 1.79. The van der Waals surface area contributed by atoms with Gasteiger partial charge in [-0.15, -0.1) is 0 Å². The number of halogens is 1. The van der Waals surface area contributed by atoms with Crippen LogP contribution in [0.4, 0.5) is 0 Å². The summed E-state index contributed by atoms with van der Waals surface area (Å²) in [6.45, 7) is 6.22. The fraction of sp³-hybridized carbons (Fsp3) is 0.533. The Bertz CT molecular complexity index is 459. The fourth-order valence-electron chi connectivity index (χ4n) is 2.50. The molecule has 1 unspecified atom stereocenters. The van der Waals surface area contributed by atoms with E-state index in [1.165, 1.54) is 0 Å². The maximum atomic E-state index is 12.6. The number of carbonyl (C=O) groups is 1. The molecule has 3 nitrogen and oxygen atoms in total. The van der Waals surface area contributed by atoms with Crippen molar-refractivity contribution in [3.8, 4) is 0 Å². The van der Waals surface area contributed by atoms with E-state index in [0.29, 0.717) is 13.2 Å². The Kier molecular flexibility index (Phi) is 4.99. The van der Waals surface area contributed by atoms with Crippen LogP contribution in [0, 0.1) is 6.92 Å². The molecule has 0 spiro atoms. The third kappa shape index (κ3) is 3.37. The van der Waals surface area contributed by atoms with Crippen LogP contribution in [0.1, 0.15) is 35.7 Å². The first-order valence-electron chi connectivity index (χ1n) is 6.79. The summed E-state index contributed by atoms with van der Waals surface area (Å²) in [5, 5.41) is 0. The van der Waals surface area contributed by atoms with Crippen LogP contribution in [0.5, 0.6) is 0 Å². The average Bonchev–Trinajstić information content (AvgIpc) is 2.42. The van der Waals surface area contributed by atoms with E-state index < -0.39 is 0 Å². The van der Waals surface area contributed by atoms with Gasteiger partial charge in [0, 0.05) is 29.7 Å². The van der Waals surface area contributed by atoms with E-state index in [-0.39, 0.29) is 12.0 Å². The van der Waals surface area contributed by atoms with Gasteiger partial charge in [-0.1, -0.05) is 22.0 Å². The van der Waals surface area contributed by atoms with Gasteiger partial charge in [0.15, 0.2) is 0 Å². The van der Waals surface area contributed by atoms with Crippen LogP contribution in [0.15, 0.2) is 22.7 Å². The van der Waals surface area contributed by atoms with Crippen molar-refractivity contribution in [2.45, 2.75) is 32.8 Å². The van der Waals surface area contributed by atoms with Gasteiger partial charge in [0.2, 0.25) is 0 Å². The molecule has 19 heavy (non-hydrogen) atoms. The zero-order valence-electron chi connectivity index (χ0n) is 11.5. The number of carbonyl (C=O) groups excluding carboxylic acids is 1. The normalized spacial score (nSPS) is 19.5. The number of ether oxygens (including phenoxy) is 1. The van der Waals surface area contributed by atoms with Crippen LogP contribution in [-0.2, 0) is 4.74 Å². The van der Waals surface area contributed by atoms with E-state index in [1.54, 1.807) is 0 Å². The summed E-state index contributed by atoms with van der Waals surface area (Å²) >= 11 is 3.48. The standard InChI is InChI=1S/C15H20BrNO2/c1-3-19-12-6-5-9-17(10-12)15(18)13-7-4-8-14(16)11(13)2/h4,7-8,12H,3,5-6,9-10H2,1-2H3. The third-order valence-corrected chi connectivity index (χ3v) is 4.42. The van der Waals surface area contributed by atoms with E-state index >= 15 is 0 Å². The van der Waals surface area contributed by atoms with Gasteiger partial charge in [0.25, 0.3) is 5.91 Å². The Morgan fingerprint density at radius 2 is 2.32 bits per heavy atom. The fourth-order valence-corrected chi connectivity index (χ4v) is 2.87. The first kappa shape index (κ1) is 14.5. The SMILES string of the molecule is CCOC1CCCN(C(=O)c2cccc(Br)c2C)C1. The first-order chi connectivity index (χ1) is 9.13. The number of rotatable bonds is 3. The first-order valence-corrected chi connectivity index (χ1v) is 7.58. The van der Waals surface area contributed by atoms with Crippen molar-refractivity contribution in [2.24, 2.45) is 0 Å². The molecule has 1 atom stereocenters.